The molecule has 2 aromatic heterocycles. The maximum Gasteiger partial charge on any atom is 0.252 e. The number of rotatable bonds is 10. The Morgan fingerprint density at radius 1 is 1.00 bits per heavy atom. The fraction of sp³-hybridized carbons (Fsp3) is 0.613. The van der Waals surface area contributed by atoms with Crippen molar-refractivity contribution in [2.24, 2.45) is 0 Å². The summed E-state index contributed by atoms with van der Waals surface area (Å²) in [5.41, 5.74) is 6.28. The van der Waals surface area contributed by atoms with Crippen LogP contribution in [0.3, 0.4) is 0 Å². The average molecular weight is 659 g/mol. The van der Waals surface area contributed by atoms with Gasteiger partial charge in [0.1, 0.15) is 35.5 Å². The number of aromatic nitrogens is 4. The van der Waals surface area contributed by atoms with Gasteiger partial charge < -0.3 is 34.1 Å². The Balaban J connectivity index is 1.89. The van der Waals surface area contributed by atoms with E-state index in [9.17, 15) is 4.79 Å². The number of nitrogen functional groups attached to an aromatic ring is 1. The van der Waals surface area contributed by atoms with Crippen molar-refractivity contribution >= 4 is 39.5 Å². The highest BCUT2D eigenvalue weighted by atomic mass is 28.4. The van der Waals surface area contributed by atoms with Gasteiger partial charge in [0.2, 0.25) is 0 Å². The van der Waals surface area contributed by atoms with Crippen LogP contribution in [-0.2, 0) is 19.3 Å². The number of nitrogens with two attached hydrogens (primary N) is 1. The third-order valence-electron chi connectivity index (χ3n) is 9.68. The van der Waals surface area contributed by atoms with E-state index in [1.165, 1.54) is 6.33 Å². The smallest absolute Gasteiger partial charge is 0.252 e. The summed E-state index contributed by atoms with van der Waals surface area (Å²) in [7, 11) is -1.64. The molecule has 14 heteroatoms. The fourth-order valence-corrected chi connectivity index (χ4v) is 7.30. The Hall–Kier alpha value is -3.05. The number of ether oxygens (including phenoxy) is 3. The van der Waals surface area contributed by atoms with Crippen molar-refractivity contribution in [1.82, 2.24) is 24.8 Å². The molecule has 248 valence electrons. The Labute approximate surface area is 268 Å². The second kappa shape index (κ2) is 12.3. The molecule has 1 fully saturated rings. The topological polar surface area (TPSA) is 145 Å². The van der Waals surface area contributed by atoms with E-state index in [0.29, 0.717) is 28.2 Å². The van der Waals surface area contributed by atoms with E-state index in [1.54, 1.807) is 38.7 Å². The summed E-state index contributed by atoms with van der Waals surface area (Å²) in [6.45, 7) is 22.2. The van der Waals surface area contributed by atoms with Gasteiger partial charge in [-0.05, 0) is 48.4 Å². The largest absolute Gasteiger partial charge is 0.497 e. The first-order chi connectivity index (χ1) is 20.8. The number of nitrogens with one attached hydrogen (secondary N) is 1. The molecule has 4 rings (SSSR count). The number of hydrogen-bond acceptors (Lipinski definition) is 10. The van der Waals surface area contributed by atoms with E-state index in [0.717, 1.165) is 0 Å². The quantitative estimate of drug-likeness (QED) is 0.275. The Morgan fingerprint density at radius 3 is 2.16 bits per heavy atom. The van der Waals surface area contributed by atoms with Crippen molar-refractivity contribution in [3.63, 3.8) is 0 Å². The molecule has 3 aromatic rings. The number of benzene rings is 1. The lowest BCUT2D eigenvalue weighted by Crippen LogP contribution is -2.62. The van der Waals surface area contributed by atoms with Crippen LogP contribution in [0.4, 0.5) is 5.82 Å². The minimum atomic E-state index is -2.55. The SMILES string of the molecule is COc1cc(OC)cc(C(=O)N[C@H]2[C@@H](CO[Si](C)(C)C(C)(C)C)OCC2(O[Si](C)(C)C(C)(C)C)n2cnc3c(N)ncnc32)c1. The van der Waals surface area contributed by atoms with Crippen molar-refractivity contribution in [2.45, 2.75) is 95.7 Å². The van der Waals surface area contributed by atoms with E-state index >= 15 is 0 Å². The molecule has 1 amide bonds. The number of imidazole rings is 1. The molecule has 1 aliphatic rings. The summed E-state index contributed by atoms with van der Waals surface area (Å²) in [4.78, 5) is 27.4. The van der Waals surface area contributed by atoms with E-state index < -0.39 is 34.5 Å². The summed E-state index contributed by atoms with van der Waals surface area (Å²) in [5, 5.41) is 3.10. The minimum Gasteiger partial charge on any atom is -0.497 e. The van der Waals surface area contributed by atoms with Crippen molar-refractivity contribution in [1.29, 1.82) is 0 Å². The monoisotopic (exact) mass is 658 g/mol. The Bertz CT molecular complexity index is 1510. The normalized spacial score (nSPS) is 21.2. The molecule has 3 heterocycles. The molecular formula is C31H50N6O6Si2. The standard InChI is InChI=1S/C31H50N6O6Si2/c1-29(2,3)44(9,10)42-16-23-25(36-28(38)20-13-21(39-7)15-22(14-20)40-8)31(17-41-23,43-45(11,12)30(4,5)6)37-19-35-24-26(32)33-18-34-27(24)37/h13-15,18-19,23,25H,16-17H2,1-12H3,(H,36,38)(H2,32,33,34)/t23-,25+,31?/m1/s1. The number of amides is 1. The molecule has 0 bridgehead atoms. The van der Waals surface area contributed by atoms with Crippen molar-refractivity contribution in [3.8, 4) is 11.5 Å². The van der Waals surface area contributed by atoms with Crippen LogP contribution >= 0.6 is 0 Å². The maximum absolute atomic E-state index is 14.2. The van der Waals surface area contributed by atoms with Gasteiger partial charge in [0.25, 0.3) is 5.91 Å². The summed E-state index contributed by atoms with van der Waals surface area (Å²) in [5.74, 6) is 0.900. The molecule has 0 radical (unpaired) electrons. The number of fused-ring (bicyclic) bond motifs is 1. The predicted molar refractivity (Wildman–Crippen MR) is 180 cm³/mol. The van der Waals surface area contributed by atoms with Crippen molar-refractivity contribution in [2.75, 3.05) is 33.2 Å². The van der Waals surface area contributed by atoms with Gasteiger partial charge in [-0.3, -0.25) is 9.36 Å². The zero-order valence-electron chi connectivity index (χ0n) is 28.8. The van der Waals surface area contributed by atoms with Crippen LogP contribution in [0.1, 0.15) is 51.9 Å². The van der Waals surface area contributed by atoms with Crippen LogP contribution in [0.25, 0.3) is 11.2 Å². The summed E-state index contributed by atoms with van der Waals surface area (Å²) < 4.78 is 33.4. The first-order valence-corrected chi connectivity index (χ1v) is 21.0. The molecule has 1 aliphatic heterocycles. The van der Waals surface area contributed by atoms with Crippen LogP contribution in [0.2, 0.25) is 36.3 Å². The Kier molecular flexibility index (Phi) is 9.50. The highest BCUT2D eigenvalue weighted by molar-refractivity contribution is 6.74. The lowest BCUT2D eigenvalue weighted by atomic mass is 10.0. The van der Waals surface area contributed by atoms with Gasteiger partial charge in [-0.15, -0.1) is 0 Å². The van der Waals surface area contributed by atoms with E-state index in [-0.39, 0.29) is 35.0 Å². The zero-order valence-corrected chi connectivity index (χ0v) is 30.8. The number of hydrogen-bond donors (Lipinski definition) is 2. The highest BCUT2D eigenvalue weighted by Crippen LogP contribution is 2.46. The number of nitrogens with zero attached hydrogens (tertiary/aromatic N) is 4. The number of carbonyl (C=O) groups is 1. The van der Waals surface area contributed by atoms with Gasteiger partial charge in [0.15, 0.2) is 33.8 Å². The summed E-state index contributed by atoms with van der Waals surface area (Å²) >= 11 is 0. The summed E-state index contributed by atoms with van der Waals surface area (Å²) in [6, 6.07) is 4.35. The van der Waals surface area contributed by atoms with Gasteiger partial charge in [-0.2, -0.15) is 0 Å². The predicted octanol–water partition coefficient (Wildman–Crippen LogP) is 5.32. The zero-order chi connectivity index (χ0) is 33.6. The van der Waals surface area contributed by atoms with Crippen molar-refractivity contribution < 1.29 is 27.9 Å². The first kappa shape index (κ1) is 34.8. The maximum atomic E-state index is 14.2. The molecule has 3 atom stereocenters. The third kappa shape index (κ3) is 6.75. The molecule has 1 aromatic carbocycles. The number of methoxy groups -OCH3 is 2. The molecule has 3 N–H and O–H groups in total. The minimum absolute atomic E-state index is 0.0226. The molecule has 1 saturated heterocycles. The third-order valence-corrected chi connectivity index (χ3v) is 18.7. The summed E-state index contributed by atoms with van der Waals surface area (Å²) in [6.07, 6.45) is 2.49. The van der Waals surface area contributed by atoms with E-state index in [2.05, 4.69) is 88.0 Å². The van der Waals surface area contributed by atoms with E-state index in [4.69, 9.17) is 28.8 Å². The van der Waals surface area contributed by atoms with Gasteiger partial charge in [0.05, 0.1) is 33.8 Å². The second-order valence-corrected chi connectivity index (χ2v) is 24.3. The molecular weight excluding hydrogens is 609 g/mol. The lowest BCUT2D eigenvalue weighted by molar-refractivity contribution is -0.0412. The highest BCUT2D eigenvalue weighted by Gasteiger charge is 2.58. The number of anilines is 1. The first-order valence-electron chi connectivity index (χ1n) is 15.2. The Morgan fingerprint density at radius 2 is 1.60 bits per heavy atom. The fourth-order valence-electron chi connectivity index (χ4n) is 4.81. The van der Waals surface area contributed by atoms with Gasteiger partial charge in [-0.25, -0.2) is 15.0 Å². The van der Waals surface area contributed by atoms with Crippen LogP contribution in [0, 0.1) is 0 Å². The molecule has 0 saturated carbocycles. The van der Waals surface area contributed by atoms with E-state index in [1.807, 2.05) is 4.57 Å². The van der Waals surface area contributed by atoms with Crippen LogP contribution in [-0.4, -0.2) is 81.6 Å². The second-order valence-electron chi connectivity index (χ2n) is 14.7. The molecule has 0 aliphatic carbocycles. The van der Waals surface area contributed by atoms with Crippen LogP contribution in [0.5, 0.6) is 11.5 Å². The van der Waals surface area contributed by atoms with Crippen LogP contribution < -0.4 is 20.5 Å². The van der Waals surface area contributed by atoms with Gasteiger partial charge in [-0.1, -0.05) is 41.5 Å². The lowest BCUT2D eigenvalue weighted by Gasteiger charge is -2.46. The molecule has 45 heavy (non-hydrogen) atoms. The van der Waals surface area contributed by atoms with Crippen molar-refractivity contribution in [3.05, 3.63) is 36.4 Å². The number of carbonyl (C=O) groups excluding carboxylic acids is 1. The van der Waals surface area contributed by atoms with Gasteiger partial charge >= 0.3 is 0 Å². The average Bonchev–Trinajstić information content (AvgIpc) is 3.53. The van der Waals surface area contributed by atoms with Crippen LogP contribution in [0.15, 0.2) is 30.9 Å². The van der Waals surface area contributed by atoms with Gasteiger partial charge in [0, 0.05) is 11.6 Å². The molecule has 12 nitrogen and oxygen atoms in total. The molecule has 0 spiro atoms. The molecule has 1 unspecified atom stereocenters.